The second kappa shape index (κ2) is 7.64. The fourth-order valence-corrected chi connectivity index (χ4v) is 2.22. The molecule has 0 aliphatic heterocycles. The molecule has 1 N–H and O–H groups in total. The fourth-order valence-electron chi connectivity index (χ4n) is 2.22. The van der Waals surface area contributed by atoms with E-state index in [1.54, 1.807) is 12.1 Å². The van der Waals surface area contributed by atoms with Gasteiger partial charge in [-0.05, 0) is 34.2 Å². The van der Waals surface area contributed by atoms with Crippen LogP contribution in [0.4, 0.5) is 0 Å². The molecule has 0 amide bonds. The summed E-state index contributed by atoms with van der Waals surface area (Å²) in [6, 6.07) is 28.1. The molecule has 0 aromatic heterocycles. The Kier molecular flexibility index (Phi) is 5.59. The second-order valence-electron chi connectivity index (χ2n) is 6.53. The van der Waals surface area contributed by atoms with Crippen molar-refractivity contribution in [3.05, 3.63) is 90.5 Å². The van der Waals surface area contributed by atoms with Crippen LogP contribution in [-0.4, -0.2) is 5.11 Å². The van der Waals surface area contributed by atoms with Gasteiger partial charge in [0.05, 0.1) is 0 Å². The van der Waals surface area contributed by atoms with Gasteiger partial charge in [-0.2, -0.15) is 0 Å². The molecule has 0 saturated carbocycles. The summed E-state index contributed by atoms with van der Waals surface area (Å²) < 4.78 is 0. The maximum atomic E-state index is 9.02. The average Bonchev–Trinajstić information content (AvgIpc) is 2.57. The van der Waals surface area contributed by atoms with E-state index in [1.807, 2.05) is 24.3 Å². The molecule has 0 fully saturated rings. The summed E-state index contributed by atoms with van der Waals surface area (Å²) in [6.07, 6.45) is 0. The van der Waals surface area contributed by atoms with Crippen LogP contribution in [0.2, 0.25) is 0 Å². The molecule has 0 atom stereocenters. The van der Waals surface area contributed by atoms with Crippen molar-refractivity contribution in [1.82, 2.24) is 0 Å². The van der Waals surface area contributed by atoms with Crippen LogP contribution >= 0.6 is 0 Å². The van der Waals surface area contributed by atoms with Gasteiger partial charge in [0, 0.05) is 0 Å². The number of hydrogen-bond donors (Lipinski definition) is 1. The van der Waals surface area contributed by atoms with Gasteiger partial charge in [-0.1, -0.05) is 93.6 Å². The Labute approximate surface area is 139 Å². The van der Waals surface area contributed by atoms with E-state index in [2.05, 4.69) is 69.3 Å². The number of benzene rings is 3. The number of phenols is 1. The number of phenolic OH excluding ortho intramolecular Hbond substituents is 1. The summed E-state index contributed by atoms with van der Waals surface area (Å²) in [5, 5.41) is 9.02. The Morgan fingerprint density at radius 1 is 0.565 bits per heavy atom. The van der Waals surface area contributed by atoms with E-state index in [9.17, 15) is 0 Å². The largest absolute Gasteiger partial charge is 0.508 e. The monoisotopic (exact) mass is 304 g/mol. The SMILES string of the molecule is CC(C)(C)c1ccc(O)cc1.c1ccc(-c2ccccc2)cc1. The third-order valence-corrected chi connectivity index (χ3v) is 3.61. The third kappa shape index (κ3) is 5.30. The minimum absolute atomic E-state index is 0.174. The van der Waals surface area contributed by atoms with Gasteiger partial charge >= 0.3 is 0 Å². The van der Waals surface area contributed by atoms with Crippen LogP contribution in [-0.2, 0) is 5.41 Å². The molecule has 3 aromatic carbocycles. The van der Waals surface area contributed by atoms with Crippen LogP contribution in [0.5, 0.6) is 5.75 Å². The van der Waals surface area contributed by atoms with E-state index in [4.69, 9.17) is 5.11 Å². The van der Waals surface area contributed by atoms with Gasteiger partial charge in [-0.3, -0.25) is 0 Å². The molecule has 0 aliphatic rings. The average molecular weight is 304 g/mol. The Balaban J connectivity index is 0.000000168. The molecule has 0 radical (unpaired) electrons. The molecule has 0 spiro atoms. The van der Waals surface area contributed by atoms with Crippen LogP contribution in [0, 0.1) is 0 Å². The molecule has 1 nitrogen and oxygen atoms in total. The zero-order valence-corrected chi connectivity index (χ0v) is 14.0. The van der Waals surface area contributed by atoms with Crippen molar-refractivity contribution >= 4 is 0 Å². The molecule has 0 aliphatic carbocycles. The minimum Gasteiger partial charge on any atom is -0.508 e. The Morgan fingerprint density at radius 3 is 1.30 bits per heavy atom. The van der Waals surface area contributed by atoms with Gasteiger partial charge in [0.25, 0.3) is 0 Å². The van der Waals surface area contributed by atoms with Gasteiger partial charge < -0.3 is 5.11 Å². The molecular formula is C22H24O. The maximum absolute atomic E-state index is 9.02. The van der Waals surface area contributed by atoms with Crippen molar-refractivity contribution < 1.29 is 5.11 Å². The third-order valence-electron chi connectivity index (χ3n) is 3.61. The first kappa shape index (κ1) is 16.8. The Hall–Kier alpha value is -2.54. The van der Waals surface area contributed by atoms with Crippen molar-refractivity contribution in [2.24, 2.45) is 0 Å². The Morgan fingerprint density at radius 2 is 0.957 bits per heavy atom. The molecular weight excluding hydrogens is 280 g/mol. The molecule has 3 rings (SSSR count). The van der Waals surface area contributed by atoms with Crippen molar-refractivity contribution in [2.45, 2.75) is 26.2 Å². The Bertz CT molecular complexity index is 655. The fraction of sp³-hybridized carbons (Fsp3) is 0.182. The molecule has 0 heterocycles. The number of aromatic hydroxyl groups is 1. The summed E-state index contributed by atoms with van der Waals surface area (Å²) in [5.41, 5.74) is 3.97. The van der Waals surface area contributed by atoms with Gasteiger partial charge in [-0.15, -0.1) is 0 Å². The summed E-state index contributed by atoms with van der Waals surface area (Å²) in [6.45, 7) is 6.46. The topological polar surface area (TPSA) is 20.2 Å². The lowest BCUT2D eigenvalue weighted by Crippen LogP contribution is -2.10. The molecule has 0 unspecified atom stereocenters. The summed E-state index contributed by atoms with van der Waals surface area (Å²) >= 11 is 0. The zero-order chi connectivity index (χ0) is 16.7. The molecule has 3 aromatic rings. The summed E-state index contributed by atoms with van der Waals surface area (Å²) in [7, 11) is 0. The van der Waals surface area contributed by atoms with Crippen molar-refractivity contribution in [2.75, 3.05) is 0 Å². The lowest BCUT2D eigenvalue weighted by atomic mass is 9.87. The lowest BCUT2D eigenvalue weighted by molar-refractivity contribution is 0.474. The van der Waals surface area contributed by atoms with Gasteiger partial charge in [0.2, 0.25) is 0 Å². The normalized spacial score (nSPS) is 10.6. The first-order chi connectivity index (χ1) is 11.0. The lowest BCUT2D eigenvalue weighted by Gasteiger charge is -2.18. The van der Waals surface area contributed by atoms with Crippen LogP contribution < -0.4 is 0 Å². The van der Waals surface area contributed by atoms with E-state index in [1.165, 1.54) is 16.7 Å². The molecule has 0 saturated heterocycles. The van der Waals surface area contributed by atoms with Crippen LogP contribution in [0.15, 0.2) is 84.9 Å². The maximum Gasteiger partial charge on any atom is 0.115 e. The summed E-state index contributed by atoms with van der Waals surface area (Å²) in [4.78, 5) is 0. The highest BCUT2D eigenvalue weighted by Gasteiger charge is 2.12. The van der Waals surface area contributed by atoms with Crippen LogP contribution in [0.1, 0.15) is 26.3 Å². The smallest absolute Gasteiger partial charge is 0.115 e. The van der Waals surface area contributed by atoms with Gasteiger partial charge in [0.15, 0.2) is 0 Å². The molecule has 118 valence electrons. The van der Waals surface area contributed by atoms with Gasteiger partial charge in [-0.25, -0.2) is 0 Å². The minimum atomic E-state index is 0.174. The van der Waals surface area contributed by atoms with E-state index in [0.717, 1.165) is 0 Å². The van der Waals surface area contributed by atoms with Crippen molar-refractivity contribution in [3.63, 3.8) is 0 Å². The molecule has 1 heteroatoms. The predicted octanol–water partition coefficient (Wildman–Crippen LogP) is 6.04. The van der Waals surface area contributed by atoms with Crippen molar-refractivity contribution in [1.29, 1.82) is 0 Å². The van der Waals surface area contributed by atoms with E-state index >= 15 is 0 Å². The molecule has 0 bridgehead atoms. The predicted molar refractivity (Wildman–Crippen MR) is 98.7 cm³/mol. The standard InChI is InChI=1S/C12H10.C10H14O/c1-3-7-11(8-4-1)12-9-5-2-6-10-12;1-10(2,3)8-4-6-9(11)7-5-8/h1-10H;4-7,11H,1-3H3. The first-order valence-corrected chi connectivity index (χ1v) is 7.87. The highest BCUT2D eigenvalue weighted by atomic mass is 16.3. The number of hydrogen-bond acceptors (Lipinski definition) is 1. The van der Waals surface area contributed by atoms with E-state index in [-0.39, 0.29) is 5.41 Å². The van der Waals surface area contributed by atoms with E-state index < -0.39 is 0 Å². The first-order valence-electron chi connectivity index (χ1n) is 7.87. The van der Waals surface area contributed by atoms with Crippen molar-refractivity contribution in [3.8, 4) is 16.9 Å². The highest BCUT2D eigenvalue weighted by Crippen LogP contribution is 2.23. The highest BCUT2D eigenvalue weighted by molar-refractivity contribution is 5.62. The van der Waals surface area contributed by atoms with Crippen LogP contribution in [0.25, 0.3) is 11.1 Å². The quantitative estimate of drug-likeness (QED) is 0.581. The summed E-state index contributed by atoms with van der Waals surface area (Å²) in [5.74, 6) is 0.331. The van der Waals surface area contributed by atoms with Crippen LogP contribution in [0.3, 0.4) is 0 Å². The molecule has 23 heavy (non-hydrogen) atoms. The van der Waals surface area contributed by atoms with E-state index in [0.29, 0.717) is 5.75 Å². The van der Waals surface area contributed by atoms with Gasteiger partial charge in [0.1, 0.15) is 5.75 Å². The second-order valence-corrected chi connectivity index (χ2v) is 6.53. The zero-order valence-electron chi connectivity index (χ0n) is 14.0. The number of rotatable bonds is 1.